The number of ether oxygens (including phenoxy) is 3. The van der Waals surface area contributed by atoms with E-state index in [1.165, 1.54) is 24.7 Å². The van der Waals surface area contributed by atoms with Crippen molar-refractivity contribution in [3.63, 3.8) is 0 Å². The number of imidazole rings is 1. The van der Waals surface area contributed by atoms with Gasteiger partial charge in [-0.05, 0) is 13.8 Å². The molecule has 5 heterocycles. The second-order valence-electron chi connectivity index (χ2n) is 11.5. The third kappa shape index (κ3) is 6.54. The average molecular weight is 658 g/mol. The van der Waals surface area contributed by atoms with Gasteiger partial charge in [0.2, 0.25) is 5.60 Å². The molecule has 1 saturated heterocycles. The van der Waals surface area contributed by atoms with Gasteiger partial charge < -0.3 is 31.9 Å². The summed E-state index contributed by atoms with van der Waals surface area (Å²) in [5.74, 6) is -1.11. The fraction of sp³-hybridized carbons (Fsp3) is 0.500. The minimum absolute atomic E-state index is 0.00522. The van der Waals surface area contributed by atoms with Crippen LogP contribution in [0.15, 0.2) is 38.6 Å². The van der Waals surface area contributed by atoms with Crippen LogP contribution >= 0.6 is 0 Å². The SMILES string of the molecule is C#C[C@]1(COC(=O)C(C)C)O[C@@H](n2cnc3c(=NCc4oc(=O)oc4C)n(Cc4oc(=O)oc4C)c(F)nc32)C[C@@H]1OC(=O)C(C)C. The van der Waals surface area contributed by atoms with Crippen LogP contribution in [0.5, 0.6) is 0 Å². The van der Waals surface area contributed by atoms with Crippen molar-refractivity contribution < 1.29 is 45.9 Å². The predicted octanol–water partition coefficient (Wildman–Crippen LogP) is 2.29. The normalized spacial score (nSPS) is 20.0. The van der Waals surface area contributed by atoms with Gasteiger partial charge in [-0.1, -0.05) is 33.6 Å². The van der Waals surface area contributed by atoms with Crippen molar-refractivity contribution in [1.29, 1.82) is 0 Å². The van der Waals surface area contributed by atoms with Crippen LogP contribution in [0.4, 0.5) is 4.39 Å². The molecule has 1 aliphatic rings. The van der Waals surface area contributed by atoms with Crippen LogP contribution in [0.25, 0.3) is 11.2 Å². The average Bonchev–Trinajstić information content (AvgIpc) is 3.75. The molecule has 1 aliphatic heterocycles. The molecule has 0 spiro atoms. The van der Waals surface area contributed by atoms with E-state index in [-0.39, 0.29) is 59.2 Å². The summed E-state index contributed by atoms with van der Waals surface area (Å²) in [6.45, 7) is 8.52. The van der Waals surface area contributed by atoms with Crippen molar-refractivity contribution in [2.75, 3.05) is 6.61 Å². The van der Waals surface area contributed by atoms with Crippen LogP contribution in [0, 0.1) is 44.1 Å². The second kappa shape index (κ2) is 12.9. The second-order valence-corrected chi connectivity index (χ2v) is 11.5. The molecule has 0 aromatic carbocycles. The summed E-state index contributed by atoms with van der Waals surface area (Å²) in [5.41, 5.74) is -1.74. The Balaban J connectivity index is 1.61. The minimum Gasteiger partial charge on any atom is -0.461 e. The summed E-state index contributed by atoms with van der Waals surface area (Å²) in [6, 6.07) is 0. The van der Waals surface area contributed by atoms with E-state index < -0.39 is 66.0 Å². The summed E-state index contributed by atoms with van der Waals surface area (Å²) < 4.78 is 55.6. The lowest BCUT2D eigenvalue weighted by atomic mass is 9.98. The Morgan fingerprint density at radius 3 is 2.30 bits per heavy atom. The maximum absolute atomic E-state index is 15.9. The van der Waals surface area contributed by atoms with Gasteiger partial charge in [-0.25, -0.2) is 14.6 Å². The Morgan fingerprint density at radius 1 is 1.09 bits per heavy atom. The molecule has 16 nitrogen and oxygen atoms in total. The van der Waals surface area contributed by atoms with E-state index in [0.717, 1.165) is 4.57 Å². The lowest BCUT2D eigenvalue weighted by Gasteiger charge is -2.29. The summed E-state index contributed by atoms with van der Waals surface area (Å²) in [7, 11) is 0. The number of carbonyl (C=O) groups is 2. The van der Waals surface area contributed by atoms with E-state index in [1.54, 1.807) is 27.7 Å². The van der Waals surface area contributed by atoms with E-state index in [1.807, 2.05) is 0 Å². The van der Waals surface area contributed by atoms with Gasteiger partial charge >= 0.3 is 23.6 Å². The van der Waals surface area contributed by atoms with Gasteiger partial charge in [0.25, 0.3) is 6.08 Å². The Bertz CT molecular complexity index is 2050. The number of aryl methyl sites for hydroxylation is 2. The van der Waals surface area contributed by atoms with E-state index in [4.69, 9.17) is 38.3 Å². The smallest absolute Gasteiger partial charge is 0.461 e. The van der Waals surface area contributed by atoms with Gasteiger partial charge in [0.15, 0.2) is 28.2 Å². The summed E-state index contributed by atoms with van der Waals surface area (Å²) in [4.78, 5) is 61.3. The molecule has 0 aliphatic carbocycles. The number of hydrogen-bond donors (Lipinski definition) is 0. The van der Waals surface area contributed by atoms with Gasteiger partial charge in [0.05, 0.1) is 24.7 Å². The molecule has 0 radical (unpaired) electrons. The summed E-state index contributed by atoms with van der Waals surface area (Å²) in [5, 5.41) is 0. The molecular formula is C30H32FN5O11. The number of terminal acetylenes is 1. The molecule has 3 atom stereocenters. The van der Waals surface area contributed by atoms with Gasteiger partial charge in [-0.15, -0.1) is 6.42 Å². The Kier molecular flexibility index (Phi) is 9.07. The van der Waals surface area contributed by atoms with Crippen molar-refractivity contribution in [3.8, 4) is 12.3 Å². The molecule has 0 amide bonds. The first-order chi connectivity index (χ1) is 22.2. The largest absolute Gasteiger partial charge is 0.519 e. The number of aromatic nitrogens is 4. The minimum atomic E-state index is -1.69. The van der Waals surface area contributed by atoms with E-state index in [0.29, 0.717) is 0 Å². The van der Waals surface area contributed by atoms with Crippen LogP contribution in [-0.4, -0.2) is 49.4 Å². The van der Waals surface area contributed by atoms with Gasteiger partial charge in [0, 0.05) is 6.42 Å². The van der Waals surface area contributed by atoms with Crippen molar-refractivity contribution in [2.45, 2.75) is 79.0 Å². The summed E-state index contributed by atoms with van der Waals surface area (Å²) in [6.07, 6.45) is 4.04. The number of carbonyl (C=O) groups excluding carboxylic acids is 2. The topological polar surface area (TPSA) is 197 Å². The third-order valence-electron chi connectivity index (χ3n) is 7.47. The molecule has 47 heavy (non-hydrogen) atoms. The van der Waals surface area contributed by atoms with E-state index in [2.05, 4.69) is 20.9 Å². The van der Waals surface area contributed by atoms with Crippen LogP contribution in [0.2, 0.25) is 0 Å². The first-order valence-corrected chi connectivity index (χ1v) is 14.6. The molecule has 4 aromatic rings. The lowest BCUT2D eigenvalue weighted by molar-refractivity contribution is -0.170. The van der Waals surface area contributed by atoms with Crippen molar-refractivity contribution in [3.05, 3.63) is 62.2 Å². The molecule has 4 aromatic heterocycles. The lowest BCUT2D eigenvalue weighted by Crippen LogP contribution is -2.46. The number of hydrogen-bond acceptors (Lipinski definition) is 14. The van der Waals surface area contributed by atoms with Gasteiger partial charge in [-0.3, -0.25) is 23.7 Å². The molecule has 0 N–H and O–H groups in total. The van der Waals surface area contributed by atoms with E-state index >= 15 is 4.39 Å². The molecule has 0 saturated carbocycles. The Morgan fingerprint density at radius 2 is 1.72 bits per heavy atom. The first-order valence-electron chi connectivity index (χ1n) is 14.6. The quantitative estimate of drug-likeness (QED) is 0.137. The molecule has 0 bridgehead atoms. The molecule has 250 valence electrons. The third-order valence-corrected chi connectivity index (χ3v) is 7.47. The molecule has 1 fully saturated rings. The predicted molar refractivity (Wildman–Crippen MR) is 155 cm³/mol. The Labute approximate surface area is 265 Å². The van der Waals surface area contributed by atoms with Crippen molar-refractivity contribution in [2.24, 2.45) is 16.8 Å². The van der Waals surface area contributed by atoms with Crippen molar-refractivity contribution in [1.82, 2.24) is 19.1 Å². The fourth-order valence-corrected chi connectivity index (χ4v) is 4.80. The first kappa shape index (κ1) is 33.1. The highest BCUT2D eigenvalue weighted by atomic mass is 19.1. The van der Waals surface area contributed by atoms with Crippen LogP contribution in [0.1, 0.15) is 63.4 Å². The van der Waals surface area contributed by atoms with Crippen molar-refractivity contribution >= 4 is 23.1 Å². The van der Waals surface area contributed by atoms with Crippen LogP contribution in [0.3, 0.4) is 0 Å². The molecule has 5 rings (SSSR count). The highest BCUT2D eigenvalue weighted by Gasteiger charge is 2.52. The fourth-order valence-electron chi connectivity index (χ4n) is 4.80. The molecule has 17 heteroatoms. The highest BCUT2D eigenvalue weighted by Crippen LogP contribution is 2.40. The highest BCUT2D eigenvalue weighted by molar-refractivity contribution is 5.73. The maximum Gasteiger partial charge on any atom is 0.519 e. The number of rotatable bonds is 10. The zero-order valence-corrected chi connectivity index (χ0v) is 26.4. The number of halogens is 1. The van der Waals surface area contributed by atoms with Gasteiger partial charge in [0.1, 0.15) is 37.0 Å². The maximum atomic E-state index is 15.9. The molecular weight excluding hydrogens is 625 g/mol. The number of esters is 2. The van der Waals surface area contributed by atoms with Gasteiger partial charge in [-0.2, -0.15) is 9.37 Å². The summed E-state index contributed by atoms with van der Waals surface area (Å²) >= 11 is 0. The van der Waals surface area contributed by atoms with Crippen LogP contribution < -0.4 is 17.1 Å². The number of nitrogens with zero attached hydrogens (tertiary/aromatic N) is 5. The Hall–Kier alpha value is -5.24. The zero-order valence-electron chi connectivity index (χ0n) is 26.4. The standard InChI is InChI=1S/C30H32FN5O11/c1-8-30(12-41-25(37)14(2)3)20(46-26(38)15(4)5)9-21(47-30)36-13-33-22-23(32-10-18-16(6)42-28(39)44-18)35(27(31)34-24(22)36)11-19-17(7)43-29(40)45-19/h1,13-15,20-21H,9-12H2,2-7H3/t20-,21+,30+/m0/s1. The number of fused-ring (bicyclic) bond motifs is 1. The van der Waals surface area contributed by atoms with E-state index in [9.17, 15) is 19.2 Å². The van der Waals surface area contributed by atoms with Crippen LogP contribution in [-0.2, 0) is 36.9 Å². The zero-order chi connectivity index (χ0) is 34.2. The monoisotopic (exact) mass is 657 g/mol. The molecule has 0 unspecified atom stereocenters.